The van der Waals surface area contributed by atoms with Gasteiger partial charge in [0.05, 0.1) is 11.9 Å². The number of aromatic nitrogens is 1. The van der Waals surface area contributed by atoms with Crippen molar-refractivity contribution in [3.8, 4) is 0 Å². The van der Waals surface area contributed by atoms with Crippen molar-refractivity contribution in [1.82, 2.24) is 10.3 Å². The molecule has 2 rings (SSSR count). The van der Waals surface area contributed by atoms with Gasteiger partial charge >= 0.3 is 5.97 Å². The second-order valence-corrected chi connectivity index (χ2v) is 4.16. The maximum Gasteiger partial charge on any atom is 0.357 e. The Kier molecular flexibility index (Phi) is 3.76. The molecule has 0 bridgehead atoms. The van der Waals surface area contributed by atoms with Crippen LogP contribution in [0, 0.1) is 0 Å². The number of nitrogens with zero attached hydrogens (tertiary/aromatic N) is 1. The minimum absolute atomic E-state index is 0.154. The minimum atomic E-state index is -0.723. The number of carbonyl (C=O) groups is 2. The second kappa shape index (κ2) is 5.48. The van der Waals surface area contributed by atoms with E-state index in [1.807, 2.05) is 0 Å². The van der Waals surface area contributed by atoms with Gasteiger partial charge < -0.3 is 15.8 Å². The molecule has 18 heavy (non-hydrogen) atoms. The van der Waals surface area contributed by atoms with Crippen molar-refractivity contribution in [3.05, 3.63) is 24.0 Å². The Hall–Kier alpha value is -2.11. The van der Waals surface area contributed by atoms with E-state index in [-0.39, 0.29) is 11.6 Å². The van der Waals surface area contributed by atoms with Gasteiger partial charge in [-0.25, -0.2) is 9.78 Å². The SMILES string of the molecule is Nc1ccc(C(=O)OC2CCCCNC2=O)nc1. The molecule has 2 heterocycles. The third kappa shape index (κ3) is 2.97. The van der Waals surface area contributed by atoms with Gasteiger partial charge in [0.1, 0.15) is 5.69 Å². The summed E-state index contributed by atoms with van der Waals surface area (Å²) in [5, 5.41) is 2.70. The maximum atomic E-state index is 11.8. The molecule has 1 unspecified atom stereocenters. The number of nitrogen functional groups attached to an aromatic ring is 1. The molecule has 1 atom stereocenters. The number of nitrogens with two attached hydrogens (primary N) is 1. The van der Waals surface area contributed by atoms with Crippen molar-refractivity contribution in [2.45, 2.75) is 25.4 Å². The largest absolute Gasteiger partial charge is 0.448 e. The number of rotatable bonds is 2. The van der Waals surface area contributed by atoms with Crippen LogP contribution in [0.2, 0.25) is 0 Å². The van der Waals surface area contributed by atoms with E-state index in [0.717, 1.165) is 12.8 Å². The highest BCUT2D eigenvalue weighted by Crippen LogP contribution is 2.11. The van der Waals surface area contributed by atoms with Crippen LogP contribution in [0.5, 0.6) is 0 Å². The second-order valence-electron chi connectivity index (χ2n) is 4.16. The molecule has 1 amide bonds. The van der Waals surface area contributed by atoms with Gasteiger partial charge in [-0.1, -0.05) is 0 Å². The quantitative estimate of drug-likeness (QED) is 0.744. The van der Waals surface area contributed by atoms with Gasteiger partial charge in [-0.2, -0.15) is 0 Å². The molecule has 0 radical (unpaired) electrons. The number of ether oxygens (including phenoxy) is 1. The van der Waals surface area contributed by atoms with Crippen LogP contribution in [0.25, 0.3) is 0 Å². The van der Waals surface area contributed by atoms with Crippen LogP contribution in [0.15, 0.2) is 18.3 Å². The van der Waals surface area contributed by atoms with Crippen LogP contribution >= 0.6 is 0 Å². The Balaban J connectivity index is 2.01. The Morgan fingerprint density at radius 2 is 2.28 bits per heavy atom. The lowest BCUT2D eigenvalue weighted by atomic mass is 10.2. The summed E-state index contributed by atoms with van der Waals surface area (Å²) < 4.78 is 5.16. The topological polar surface area (TPSA) is 94.3 Å². The van der Waals surface area contributed by atoms with Gasteiger partial charge in [0.2, 0.25) is 0 Å². The number of esters is 1. The molecule has 96 valence electrons. The molecule has 1 saturated heterocycles. The molecular formula is C12H15N3O3. The highest BCUT2D eigenvalue weighted by molar-refractivity contribution is 5.90. The standard InChI is InChI=1S/C12H15N3O3/c13-8-4-5-9(15-7-8)12(17)18-10-3-1-2-6-14-11(10)16/h4-5,7,10H,1-3,6,13H2,(H,14,16). The Morgan fingerprint density at radius 3 is 3.00 bits per heavy atom. The number of hydrogen-bond donors (Lipinski definition) is 2. The molecule has 0 spiro atoms. The van der Waals surface area contributed by atoms with Crippen molar-refractivity contribution in [2.75, 3.05) is 12.3 Å². The summed E-state index contributed by atoms with van der Waals surface area (Å²) in [6, 6.07) is 3.04. The third-order valence-electron chi connectivity index (χ3n) is 2.73. The van der Waals surface area contributed by atoms with Gasteiger partial charge in [-0.15, -0.1) is 0 Å². The van der Waals surface area contributed by atoms with E-state index in [1.54, 1.807) is 6.07 Å². The monoisotopic (exact) mass is 249 g/mol. The van der Waals surface area contributed by atoms with Gasteiger partial charge in [-0.3, -0.25) is 4.79 Å². The molecule has 1 aromatic rings. The average Bonchev–Trinajstić information content (AvgIpc) is 2.56. The van der Waals surface area contributed by atoms with E-state index in [2.05, 4.69) is 10.3 Å². The fourth-order valence-corrected chi connectivity index (χ4v) is 1.74. The number of anilines is 1. The predicted octanol–water partition coefficient (Wildman–Crippen LogP) is 0.489. The molecule has 6 heteroatoms. The van der Waals surface area contributed by atoms with E-state index in [9.17, 15) is 9.59 Å². The summed E-state index contributed by atoms with van der Waals surface area (Å²) in [7, 11) is 0. The Bertz CT molecular complexity index is 444. The summed E-state index contributed by atoms with van der Waals surface area (Å²) in [6.45, 7) is 0.632. The summed E-state index contributed by atoms with van der Waals surface area (Å²) in [5.41, 5.74) is 6.10. The molecule has 1 fully saturated rings. The van der Waals surface area contributed by atoms with Gasteiger partial charge in [0.15, 0.2) is 6.10 Å². The first-order valence-electron chi connectivity index (χ1n) is 5.87. The average molecular weight is 249 g/mol. The maximum absolute atomic E-state index is 11.8. The van der Waals surface area contributed by atoms with Crippen molar-refractivity contribution in [2.24, 2.45) is 0 Å². The van der Waals surface area contributed by atoms with Crippen LogP contribution in [-0.2, 0) is 9.53 Å². The smallest absolute Gasteiger partial charge is 0.357 e. The fraction of sp³-hybridized carbons (Fsp3) is 0.417. The molecular weight excluding hydrogens is 234 g/mol. The zero-order valence-corrected chi connectivity index (χ0v) is 9.89. The van der Waals surface area contributed by atoms with Crippen LogP contribution in [0.4, 0.5) is 5.69 Å². The van der Waals surface area contributed by atoms with Crippen LogP contribution in [0.1, 0.15) is 29.8 Å². The molecule has 6 nitrogen and oxygen atoms in total. The molecule has 1 aliphatic rings. The lowest BCUT2D eigenvalue weighted by molar-refractivity contribution is -0.129. The van der Waals surface area contributed by atoms with Crippen molar-refractivity contribution < 1.29 is 14.3 Å². The molecule has 0 aliphatic carbocycles. The van der Waals surface area contributed by atoms with Crippen LogP contribution < -0.4 is 11.1 Å². The lowest BCUT2D eigenvalue weighted by Gasteiger charge is -2.13. The van der Waals surface area contributed by atoms with E-state index in [1.165, 1.54) is 12.3 Å². The van der Waals surface area contributed by atoms with Crippen LogP contribution in [0.3, 0.4) is 0 Å². The summed E-state index contributed by atoms with van der Waals surface area (Å²) in [5.74, 6) is -0.839. The van der Waals surface area contributed by atoms with Crippen molar-refractivity contribution in [3.63, 3.8) is 0 Å². The van der Waals surface area contributed by atoms with Gasteiger partial charge in [-0.05, 0) is 31.4 Å². The van der Waals surface area contributed by atoms with E-state index >= 15 is 0 Å². The van der Waals surface area contributed by atoms with E-state index in [4.69, 9.17) is 10.5 Å². The first-order chi connectivity index (χ1) is 8.66. The fourth-order valence-electron chi connectivity index (χ4n) is 1.74. The molecule has 3 N–H and O–H groups in total. The highest BCUT2D eigenvalue weighted by atomic mass is 16.5. The van der Waals surface area contributed by atoms with Gasteiger partial charge in [0, 0.05) is 6.54 Å². The zero-order valence-electron chi connectivity index (χ0n) is 9.89. The Morgan fingerprint density at radius 1 is 1.44 bits per heavy atom. The first-order valence-corrected chi connectivity index (χ1v) is 5.87. The van der Waals surface area contributed by atoms with E-state index in [0.29, 0.717) is 18.7 Å². The third-order valence-corrected chi connectivity index (χ3v) is 2.73. The van der Waals surface area contributed by atoms with Crippen molar-refractivity contribution >= 4 is 17.6 Å². The van der Waals surface area contributed by atoms with Crippen LogP contribution in [-0.4, -0.2) is 29.5 Å². The van der Waals surface area contributed by atoms with E-state index < -0.39 is 12.1 Å². The Labute approximate surface area is 105 Å². The number of pyridine rings is 1. The summed E-state index contributed by atoms with van der Waals surface area (Å²) >= 11 is 0. The summed E-state index contributed by atoms with van der Waals surface area (Å²) in [6.07, 6.45) is 2.96. The minimum Gasteiger partial charge on any atom is -0.448 e. The molecule has 1 aromatic heterocycles. The number of amides is 1. The predicted molar refractivity (Wildman–Crippen MR) is 64.7 cm³/mol. The number of nitrogens with one attached hydrogen (secondary N) is 1. The zero-order chi connectivity index (χ0) is 13.0. The molecule has 1 aliphatic heterocycles. The van der Waals surface area contributed by atoms with Crippen molar-refractivity contribution in [1.29, 1.82) is 0 Å². The molecule has 0 saturated carbocycles. The van der Waals surface area contributed by atoms with Gasteiger partial charge in [0.25, 0.3) is 5.91 Å². The first kappa shape index (κ1) is 12.3. The normalized spacial score (nSPS) is 19.8. The molecule has 0 aromatic carbocycles. The number of carbonyl (C=O) groups excluding carboxylic acids is 2. The lowest BCUT2D eigenvalue weighted by Crippen LogP contribution is -2.36. The highest BCUT2D eigenvalue weighted by Gasteiger charge is 2.25. The summed E-state index contributed by atoms with van der Waals surface area (Å²) in [4.78, 5) is 27.2. The number of hydrogen-bond acceptors (Lipinski definition) is 5.